The van der Waals surface area contributed by atoms with E-state index in [4.69, 9.17) is 33.7 Å². The van der Waals surface area contributed by atoms with Crippen molar-refractivity contribution in [2.45, 2.75) is 65.3 Å². The van der Waals surface area contributed by atoms with Crippen LogP contribution in [0.15, 0.2) is 30.3 Å². The Hall–Kier alpha value is -3.50. The molecule has 1 N–H and O–H groups in total. The number of fused-ring (bicyclic) bond motifs is 1. The van der Waals surface area contributed by atoms with Crippen LogP contribution in [0.1, 0.15) is 46.1 Å². The Bertz CT molecular complexity index is 1310. The van der Waals surface area contributed by atoms with E-state index in [2.05, 4.69) is 27.2 Å². The van der Waals surface area contributed by atoms with E-state index < -0.39 is 0 Å². The highest BCUT2D eigenvalue weighted by atomic mass is 16.5. The van der Waals surface area contributed by atoms with Crippen LogP contribution in [-0.2, 0) is 11.3 Å². The molecule has 1 aromatic heterocycles. The summed E-state index contributed by atoms with van der Waals surface area (Å²) in [5.41, 5.74) is 2.03. The molecule has 2 aliphatic rings. The third-order valence-corrected chi connectivity index (χ3v) is 7.50. The van der Waals surface area contributed by atoms with Gasteiger partial charge in [-0.3, -0.25) is 4.90 Å². The van der Waals surface area contributed by atoms with E-state index >= 15 is 0 Å². The first-order valence-corrected chi connectivity index (χ1v) is 15.0. The maximum Gasteiger partial charge on any atom is 0.225 e. The van der Waals surface area contributed by atoms with Gasteiger partial charge in [0.05, 0.1) is 45.2 Å². The standard InChI is InChI=1S/C32H45N5O5/c1-21(2)41-25-15-23(16-26(17-25)42-22(3)4)20-36-9-7-24(8-10-36)33-32-34-28-19-30(39-6)29(38-5)18-27(28)31(35-32)37-11-13-40-14-12-37/h15-19,21-22,24H,7-14,20H2,1-6H3,(H,33,34,35). The topological polar surface area (TPSA) is 90.4 Å². The Morgan fingerprint density at radius 2 is 1.45 bits per heavy atom. The smallest absolute Gasteiger partial charge is 0.225 e. The second-order valence-corrected chi connectivity index (χ2v) is 11.5. The Morgan fingerprint density at radius 3 is 2.05 bits per heavy atom. The van der Waals surface area contributed by atoms with Gasteiger partial charge in [-0.15, -0.1) is 0 Å². The molecule has 228 valence electrons. The lowest BCUT2D eigenvalue weighted by Crippen LogP contribution is -2.39. The minimum Gasteiger partial charge on any atom is -0.493 e. The van der Waals surface area contributed by atoms with Crippen molar-refractivity contribution in [3.8, 4) is 23.0 Å². The molecule has 10 heteroatoms. The van der Waals surface area contributed by atoms with Crippen LogP contribution in [0.25, 0.3) is 10.9 Å². The zero-order chi connectivity index (χ0) is 29.6. The molecular weight excluding hydrogens is 534 g/mol. The predicted molar refractivity (Wildman–Crippen MR) is 166 cm³/mol. The number of benzene rings is 2. The van der Waals surface area contributed by atoms with Gasteiger partial charge < -0.3 is 33.9 Å². The van der Waals surface area contributed by atoms with Gasteiger partial charge in [-0.2, -0.15) is 4.98 Å². The number of nitrogens with zero attached hydrogens (tertiary/aromatic N) is 4. The maximum absolute atomic E-state index is 6.01. The molecule has 2 fully saturated rings. The molecule has 2 saturated heterocycles. The van der Waals surface area contributed by atoms with Gasteiger partial charge >= 0.3 is 0 Å². The first-order chi connectivity index (χ1) is 20.3. The lowest BCUT2D eigenvalue weighted by Gasteiger charge is -2.33. The van der Waals surface area contributed by atoms with Crippen molar-refractivity contribution in [3.63, 3.8) is 0 Å². The normalized spacial score (nSPS) is 16.7. The lowest BCUT2D eigenvalue weighted by molar-refractivity contribution is 0.122. The molecule has 42 heavy (non-hydrogen) atoms. The van der Waals surface area contributed by atoms with Crippen LogP contribution >= 0.6 is 0 Å². The molecule has 3 heterocycles. The van der Waals surface area contributed by atoms with Gasteiger partial charge in [-0.25, -0.2) is 4.98 Å². The van der Waals surface area contributed by atoms with Crippen LogP contribution in [0.4, 0.5) is 11.8 Å². The molecule has 0 spiro atoms. The Kier molecular flexibility index (Phi) is 9.74. The molecule has 0 radical (unpaired) electrons. The number of methoxy groups -OCH3 is 2. The number of piperidine rings is 1. The number of aromatic nitrogens is 2. The Balaban J connectivity index is 1.29. The van der Waals surface area contributed by atoms with E-state index in [1.807, 2.05) is 45.9 Å². The van der Waals surface area contributed by atoms with E-state index in [0.29, 0.717) is 30.7 Å². The van der Waals surface area contributed by atoms with Crippen LogP contribution in [0.5, 0.6) is 23.0 Å². The zero-order valence-electron chi connectivity index (χ0n) is 25.8. The van der Waals surface area contributed by atoms with Crippen molar-refractivity contribution in [2.75, 3.05) is 63.8 Å². The van der Waals surface area contributed by atoms with Gasteiger partial charge in [-0.05, 0) is 64.3 Å². The Morgan fingerprint density at radius 1 is 0.833 bits per heavy atom. The first kappa shape index (κ1) is 30.0. The quantitative estimate of drug-likeness (QED) is 0.330. The third-order valence-electron chi connectivity index (χ3n) is 7.50. The fourth-order valence-corrected chi connectivity index (χ4v) is 5.60. The number of nitrogens with one attached hydrogen (secondary N) is 1. The van der Waals surface area contributed by atoms with E-state index in [9.17, 15) is 0 Å². The van der Waals surface area contributed by atoms with Gasteiger partial charge in [0, 0.05) is 56.3 Å². The van der Waals surface area contributed by atoms with Gasteiger partial charge in [0.25, 0.3) is 0 Å². The first-order valence-electron chi connectivity index (χ1n) is 15.0. The molecule has 5 rings (SSSR count). The molecule has 0 aliphatic carbocycles. The molecule has 2 aromatic carbocycles. The monoisotopic (exact) mass is 579 g/mol. The van der Waals surface area contributed by atoms with Gasteiger partial charge in [0.1, 0.15) is 17.3 Å². The summed E-state index contributed by atoms with van der Waals surface area (Å²) >= 11 is 0. The van der Waals surface area contributed by atoms with Crippen LogP contribution in [0.3, 0.4) is 0 Å². The van der Waals surface area contributed by atoms with E-state index in [1.54, 1.807) is 14.2 Å². The predicted octanol–water partition coefficient (Wildman–Crippen LogP) is 5.13. The Labute approximate surface area is 249 Å². The fraction of sp³-hybridized carbons (Fsp3) is 0.562. The summed E-state index contributed by atoms with van der Waals surface area (Å²) in [6.07, 6.45) is 2.21. The van der Waals surface area contributed by atoms with Gasteiger partial charge in [0.15, 0.2) is 11.5 Å². The number of hydrogen-bond donors (Lipinski definition) is 1. The summed E-state index contributed by atoms with van der Waals surface area (Å²) in [6, 6.07) is 10.4. The molecule has 10 nitrogen and oxygen atoms in total. The molecule has 0 atom stereocenters. The zero-order valence-corrected chi connectivity index (χ0v) is 25.8. The average Bonchev–Trinajstić information content (AvgIpc) is 2.96. The minimum atomic E-state index is 0.109. The number of rotatable bonds is 11. The minimum absolute atomic E-state index is 0.109. The lowest BCUT2D eigenvalue weighted by atomic mass is 10.0. The van der Waals surface area contributed by atoms with Crippen LogP contribution < -0.4 is 29.2 Å². The molecule has 0 bridgehead atoms. The summed E-state index contributed by atoms with van der Waals surface area (Å²) < 4.78 is 28.8. The van der Waals surface area contributed by atoms with Crippen molar-refractivity contribution in [1.29, 1.82) is 0 Å². The SMILES string of the molecule is COc1cc2nc(NC3CCN(Cc4cc(OC(C)C)cc(OC(C)C)c4)CC3)nc(N3CCOCC3)c2cc1OC. The maximum atomic E-state index is 6.01. The molecule has 2 aliphatic heterocycles. The van der Waals surface area contributed by atoms with E-state index in [-0.39, 0.29) is 18.2 Å². The van der Waals surface area contributed by atoms with Gasteiger partial charge in [-0.1, -0.05) is 0 Å². The second kappa shape index (κ2) is 13.6. The average molecular weight is 580 g/mol. The van der Waals surface area contributed by atoms with Crippen molar-refractivity contribution in [2.24, 2.45) is 0 Å². The number of anilines is 2. The van der Waals surface area contributed by atoms with Crippen LogP contribution in [0.2, 0.25) is 0 Å². The van der Waals surface area contributed by atoms with E-state index in [1.165, 1.54) is 5.56 Å². The summed E-state index contributed by atoms with van der Waals surface area (Å²) in [4.78, 5) is 14.7. The van der Waals surface area contributed by atoms with Crippen molar-refractivity contribution in [1.82, 2.24) is 14.9 Å². The third kappa shape index (κ3) is 7.46. The number of hydrogen-bond acceptors (Lipinski definition) is 10. The molecular formula is C32H45N5O5. The highest BCUT2D eigenvalue weighted by Gasteiger charge is 2.23. The summed E-state index contributed by atoms with van der Waals surface area (Å²) in [5.74, 6) is 4.57. The van der Waals surface area contributed by atoms with Crippen LogP contribution in [0, 0.1) is 0 Å². The van der Waals surface area contributed by atoms with Crippen LogP contribution in [-0.4, -0.2) is 86.7 Å². The van der Waals surface area contributed by atoms with Crippen molar-refractivity contribution < 1.29 is 23.7 Å². The summed E-state index contributed by atoms with van der Waals surface area (Å²) in [6.45, 7) is 13.9. The number of likely N-dealkylation sites (tertiary alicyclic amines) is 1. The van der Waals surface area contributed by atoms with E-state index in [0.717, 1.165) is 73.8 Å². The largest absolute Gasteiger partial charge is 0.493 e. The fourth-order valence-electron chi connectivity index (χ4n) is 5.60. The summed E-state index contributed by atoms with van der Waals surface area (Å²) in [5, 5.41) is 4.59. The molecule has 0 unspecified atom stereocenters. The molecule has 0 amide bonds. The highest BCUT2D eigenvalue weighted by Crippen LogP contribution is 2.36. The molecule has 0 saturated carbocycles. The second-order valence-electron chi connectivity index (χ2n) is 11.5. The van der Waals surface area contributed by atoms with Crippen molar-refractivity contribution in [3.05, 3.63) is 35.9 Å². The van der Waals surface area contributed by atoms with Crippen molar-refractivity contribution >= 4 is 22.7 Å². The molecule has 3 aromatic rings. The summed E-state index contributed by atoms with van der Waals surface area (Å²) in [7, 11) is 3.29. The highest BCUT2D eigenvalue weighted by molar-refractivity contribution is 5.93. The number of ether oxygens (including phenoxy) is 5. The number of morpholine rings is 1. The van der Waals surface area contributed by atoms with Gasteiger partial charge in [0.2, 0.25) is 5.95 Å².